The number of hydrogen-bond donors (Lipinski definition) is 2. The number of anilines is 2. The van der Waals surface area contributed by atoms with Crippen LogP contribution in [-0.2, 0) is 0 Å². The number of benzene rings is 2. The maximum Gasteiger partial charge on any atom is 0.274 e. The lowest BCUT2D eigenvalue weighted by molar-refractivity contribution is 0.102. The fraction of sp³-hybridized carbons (Fsp3) is 0. The van der Waals surface area contributed by atoms with Crippen molar-refractivity contribution in [3.8, 4) is 17.5 Å². The highest BCUT2D eigenvalue weighted by atomic mass is 35.5. The number of halogens is 1. The van der Waals surface area contributed by atoms with E-state index in [1.807, 2.05) is 30.3 Å². The fourth-order valence-corrected chi connectivity index (χ4v) is 2.28. The van der Waals surface area contributed by atoms with E-state index in [1.54, 1.807) is 36.5 Å². The number of aromatic nitrogens is 2. The molecule has 3 rings (SSSR count). The van der Waals surface area contributed by atoms with Crippen LogP contribution in [0.2, 0.25) is 5.02 Å². The standard InChI is InChI=1S/C18H12ClN5O/c19-13-6-8-14(9-7-13)22-17(25)16-10-15(12-4-2-1-3-5-12)23-18(24-16)21-11-20/h1-10H,(H,22,25)(H,21,23,24). The molecule has 25 heavy (non-hydrogen) atoms. The second-order valence-corrected chi connectivity index (χ2v) is 5.46. The minimum Gasteiger partial charge on any atom is -0.321 e. The summed E-state index contributed by atoms with van der Waals surface area (Å²) in [6.45, 7) is 0. The van der Waals surface area contributed by atoms with Crippen molar-refractivity contribution >= 4 is 29.1 Å². The molecule has 0 aliphatic rings. The van der Waals surface area contributed by atoms with E-state index < -0.39 is 5.91 Å². The van der Waals surface area contributed by atoms with Crippen LogP contribution in [0.3, 0.4) is 0 Å². The van der Waals surface area contributed by atoms with Crippen LogP contribution >= 0.6 is 11.6 Å². The van der Waals surface area contributed by atoms with Gasteiger partial charge in [0.2, 0.25) is 5.95 Å². The summed E-state index contributed by atoms with van der Waals surface area (Å²) in [5.41, 5.74) is 2.08. The second-order valence-electron chi connectivity index (χ2n) is 5.03. The molecule has 1 aromatic heterocycles. The number of carbonyl (C=O) groups excluding carboxylic acids is 1. The van der Waals surface area contributed by atoms with Crippen LogP contribution in [0.4, 0.5) is 11.6 Å². The molecule has 0 atom stereocenters. The second kappa shape index (κ2) is 7.43. The lowest BCUT2D eigenvalue weighted by Crippen LogP contribution is -2.15. The minimum absolute atomic E-state index is 0.0603. The molecule has 0 radical (unpaired) electrons. The fourth-order valence-electron chi connectivity index (χ4n) is 2.15. The summed E-state index contributed by atoms with van der Waals surface area (Å²) in [7, 11) is 0. The van der Waals surface area contributed by atoms with Gasteiger partial charge in [-0.25, -0.2) is 9.97 Å². The maximum absolute atomic E-state index is 12.5. The van der Waals surface area contributed by atoms with Gasteiger partial charge in [0.25, 0.3) is 5.91 Å². The molecule has 1 amide bonds. The first-order valence-corrected chi connectivity index (χ1v) is 7.70. The van der Waals surface area contributed by atoms with Crippen molar-refractivity contribution in [3.63, 3.8) is 0 Å². The monoisotopic (exact) mass is 349 g/mol. The Morgan fingerprint density at radius 3 is 2.44 bits per heavy atom. The Morgan fingerprint density at radius 2 is 1.76 bits per heavy atom. The predicted octanol–water partition coefficient (Wildman–Crippen LogP) is 3.94. The Kier molecular flexibility index (Phi) is 4.88. The number of carbonyl (C=O) groups is 1. The molecule has 3 aromatic rings. The van der Waals surface area contributed by atoms with Gasteiger partial charge in [0.15, 0.2) is 6.19 Å². The average molecular weight is 350 g/mol. The van der Waals surface area contributed by atoms with Crippen molar-refractivity contribution in [2.45, 2.75) is 0 Å². The summed E-state index contributed by atoms with van der Waals surface area (Å²) in [6.07, 6.45) is 1.76. The molecule has 0 unspecified atom stereocenters. The summed E-state index contributed by atoms with van der Waals surface area (Å²) in [5, 5.41) is 14.5. The van der Waals surface area contributed by atoms with E-state index in [1.165, 1.54) is 0 Å². The number of nitriles is 1. The molecule has 7 heteroatoms. The van der Waals surface area contributed by atoms with Gasteiger partial charge in [-0.3, -0.25) is 10.1 Å². The van der Waals surface area contributed by atoms with Gasteiger partial charge < -0.3 is 5.32 Å². The molecule has 0 aliphatic carbocycles. The highest BCUT2D eigenvalue weighted by Gasteiger charge is 2.13. The first kappa shape index (κ1) is 16.4. The minimum atomic E-state index is -0.414. The Morgan fingerprint density at radius 1 is 1.04 bits per heavy atom. The molecule has 2 N–H and O–H groups in total. The molecular weight excluding hydrogens is 338 g/mol. The van der Waals surface area contributed by atoms with Crippen LogP contribution in [0.5, 0.6) is 0 Å². The van der Waals surface area contributed by atoms with Gasteiger partial charge in [-0.05, 0) is 30.3 Å². The molecule has 122 valence electrons. The van der Waals surface area contributed by atoms with Gasteiger partial charge in [-0.15, -0.1) is 0 Å². The number of amides is 1. The molecule has 1 heterocycles. The van der Waals surface area contributed by atoms with Crippen LogP contribution in [0.1, 0.15) is 10.5 Å². The van der Waals surface area contributed by atoms with E-state index in [0.29, 0.717) is 16.4 Å². The molecule has 2 aromatic carbocycles. The van der Waals surface area contributed by atoms with Gasteiger partial charge in [-0.1, -0.05) is 41.9 Å². The van der Waals surface area contributed by atoms with Crippen molar-refractivity contribution in [1.82, 2.24) is 9.97 Å². The number of rotatable bonds is 4. The molecule has 0 fully saturated rings. The van der Waals surface area contributed by atoms with Gasteiger partial charge >= 0.3 is 0 Å². The van der Waals surface area contributed by atoms with Crippen molar-refractivity contribution in [3.05, 3.63) is 71.4 Å². The van der Waals surface area contributed by atoms with Gasteiger partial charge in [0.05, 0.1) is 5.69 Å². The third-order valence-electron chi connectivity index (χ3n) is 3.30. The topological polar surface area (TPSA) is 90.7 Å². The van der Waals surface area contributed by atoms with Crippen LogP contribution in [-0.4, -0.2) is 15.9 Å². The van der Waals surface area contributed by atoms with Crippen LogP contribution < -0.4 is 10.6 Å². The molecule has 0 saturated heterocycles. The molecule has 0 aliphatic heterocycles. The SMILES string of the molecule is N#CNc1nc(C(=O)Nc2ccc(Cl)cc2)cc(-c2ccccc2)n1. The summed E-state index contributed by atoms with van der Waals surface area (Å²) in [5.74, 6) is -0.354. The number of hydrogen-bond acceptors (Lipinski definition) is 5. The number of nitrogens with zero attached hydrogens (tertiary/aromatic N) is 3. The Balaban J connectivity index is 1.94. The average Bonchev–Trinajstić information content (AvgIpc) is 2.64. The zero-order valence-corrected chi connectivity index (χ0v) is 13.7. The van der Waals surface area contributed by atoms with Gasteiger partial charge in [0.1, 0.15) is 5.69 Å². The molecular formula is C18H12ClN5O. The molecule has 0 bridgehead atoms. The lowest BCUT2D eigenvalue weighted by atomic mass is 10.1. The van der Waals surface area contributed by atoms with Crippen molar-refractivity contribution in [2.24, 2.45) is 0 Å². The zero-order valence-electron chi connectivity index (χ0n) is 12.9. The predicted molar refractivity (Wildman–Crippen MR) is 96.1 cm³/mol. The first-order valence-electron chi connectivity index (χ1n) is 7.32. The molecule has 6 nitrogen and oxygen atoms in total. The maximum atomic E-state index is 12.5. The smallest absolute Gasteiger partial charge is 0.274 e. The van der Waals surface area contributed by atoms with E-state index >= 15 is 0 Å². The van der Waals surface area contributed by atoms with E-state index in [4.69, 9.17) is 16.9 Å². The first-order chi connectivity index (χ1) is 12.2. The van der Waals surface area contributed by atoms with Crippen molar-refractivity contribution < 1.29 is 4.79 Å². The summed E-state index contributed by atoms with van der Waals surface area (Å²) in [6, 6.07) is 17.6. The van der Waals surface area contributed by atoms with Crippen molar-refractivity contribution in [2.75, 3.05) is 10.6 Å². The van der Waals surface area contributed by atoms with E-state index in [2.05, 4.69) is 20.6 Å². The van der Waals surface area contributed by atoms with Crippen LogP contribution in [0, 0.1) is 11.5 Å². The summed E-state index contributed by atoms with van der Waals surface area (Å²) in [4.78, 5) is 20.8. The highest BCUT2D eigenvalue weighted by molar-refractivity contribution is 6.30. The van der Waals surface area contributed by atoms with E-state index in [0.717, 1.165) is 5.56 Å². The zero-order chi connectivity index (χ0) is 17.6. The largest absolute Gasteiger partial charge is 0.321 e. The van der Waals surface area contributed by atoms with Gasteiger partial charge in [0, 0.05) is 16.3 Å². The van der Waals surface area contributed by atoms with Crippen molar-refractivity contribution in [1.29, 1.82) is 5.26 Å². The third kappa shape index (κ3) is 4.10. The molecule has 0 saturated carbocycles. The summed E-state index contributed by atoms with van der Waals surface area (Å²) < 4.78 is 0. The number of nitrogens with one attached hydrogen (secondary N) is 2. The Bertz CT molecular complexity index is 936. The summed E-state index contributed by atoms with van der Waals surface area (Å²) >= 11 is 5.84. The highest BCUT2D eigenvalue weighted by Crippen LogP contribution is 2.20. The van der Waals surface area contributed by atoms with E-state index in [9.17, 15) is 4.79 Å². The Labute approximate surface area is 149 Å². The Hall–Kier alpha value is -3.43. The lowest BCUT2D eigenvalue weighted by Gasteiger charge is -2.08. The van der Waals surface area contributed by atoms with Gasteiger partial charge in [-0.2, -0.15) is 5.26 Å². The molecule has 0 spiro atoms. The van der Waals surface area contributed by atoms with Crippen LogP contribution in [0.25, 0.3) is 11.3 Å². The normalized spacial score (nSPS) is 9.92. The van der Waals surface area contributed by atoms with Crippen LogP contribution in [0.15, 0.2) is 60.7 Å². The van der Waals surface area contributed by atoms with E-state index in [-0.39, 0.29) is 11.6 Å². The quantitative estimate of drug-likeness (QED) is 0.550. The third-order valence-corrected chi connectivity index (χ3v) is 3.55.